The summed E-state index contributed by atoms with van der Waals surface area (Å²) in [4.78, 5) is 29.1. The van der Waals surface area contributed by atoms with Crippen molar-refractivity contribution in [1.82, 2.24) is 14.8 Å². The van der Waals surface area contributed by atoms with Gasteiger partial charge in [-0.25, -0.2) is 14.5 Å². The second-order valence-electron chi connectivity index (χ2n) is 7.97. The van der Waals surface area contributed by atoms with Crippen LogP contribution in [0.2, 0.25) is 5.02 Å². The number of pyridine rings is 1. The molecule has 4 rings (SSSR count). The van der Waals surface area contributed by atoms with Crippen molar-refractivity contribution in [2.24, 2.45) is 5.73 Å². The normalized spacial score (nSPS) is 15.4. The summed E-state index contributed by atoms with van der Waals surface area (Å²) in [5.41, 5.74) is 11.1. The molecule has 0 fully saturated rings. The minimum Gasteiger partial charge on any atom is -0.475 e. The third kappa shape index (κ3) is 5.40. The van der Waals surface area contributed by atoms with Crippen LogP contribution < -0.4 is 10.6 Å². The lowest BCUT2D eigenvalue weighted by atomic mass is 9.96. The van der Waals surface area contributed by atoms with E-state index in [9.17, 15) is 18.0 Å². The highest BCUT2D eigenvalue weighted by atomic mass is 35.5. The molecular weight excluding hydrogens is 487 g/mol. The number of carbonyl (C=O) groups is 2. The molecule has 0 spiro atoms. The van der Waals surface area contributed by atoms with E-state index in [4.69, 9.17) is 32.2 Å². The minimum atomic E-state index is -5.08. The number of hydrogen-bond acceptors (Lipinski definition) is 5. The lowest BCUT2D eigenvalue weighted by Crippen LogP contribution is -2.38. The Morgan fingerprint density at radius 1 is 1.26 bits per heavy atom. The number of hydrogen-bond donors (Lipinski definition) is 2. The molecule has 35 heavy (non-hydrogen) atoms. The van der Waals surface area contributed by atoms with Crippen LogP contribution in [0, 0.1) is 6.92 Å². The van der Waals surface area contributed by atoms with Crippen molar-refractivity contribution in [1.29, 1.82) is 0 Å². The maximum atomic E-state index is 13.7. The van der Waals surface area contributed by atoms with Crippen LogP contribution in [0.5, 0.6) is 0 Å². The second-order valence-corrected chi connectivity index (χ2v) is 8.41. The molecule has 1 aromatic carbocycles. The standard InChI is InChI=1S/C21H24ClN5O.C2HF3O2/c1-4-14-11-16(19-12(3)25-27(5-2)20(19)24-14)21(28)26-9-8-17(23)15-10-13(22)6-7-18(15)26;3-2(4,5)1(6)7/h6-7,10-11,17H,4-5,8-9,23H2,1-3H3;(H,6,7). The molecule has 2 aromatic heterocycles. The molecule has 1 atom stereocenters. The van der Waals surface area contributed by atoms with Gasteiger partial charge in [0, 0.05) is 35.5 Å². The van der Waals surface area contributed by atoms with Crippen molar-refractivity contribution in [3.05, 3.63) is 51.8 Å². The average molecular weight is 512 g/mol. The van der Waals surface area contributed by atoms with E-state index in [1.54, 1.807) is 6.07 Å². The number of aromatic nitrogens is 3. The highest BCUT2D eigenvalue weighted by Crippen LogP contribution is 2.36. The van der Waals surface area contributed by atoms with E-state index in [2.05, 4.69) is 5.10 Å². The van der Waals surface area contributed by atoms with Crippen molar-refractivity contribution < 1.29 is 27.9 Å². The number of alkyl halides is 3. The number of carboxylic acid groups (broad SMARTS) is 1. The summed E-state index contributed by atoms with van der Waals surface area (Å²) in [6, 6.07) is 7.34. The first-order valence-electron chi connectivity index (χ1n) is 10.9. The van der Waals surface area contributed by atoms with Gasteiger partial charge in [0.1, 0.15) is 0 Å². The van der Waals surface area contributed by atoms with Crippen LogP contribution in [-0.2, 0) is 17.8 Å². The van der Waals surface area contributed by atoms with Crippen molar-refractivity contribution in [3.63, 3.8) is 0 Å². The molecule has 1 amide bonds. The zero-order valence-electron chi connectivity index (χ0n) is 19.4. The van der Waals surface area contributed by atoms with Gasteiger partial charge in [0.2, 0.25) is 0 Å². The van der Waals surface area contributed by atoms with Crippen molar-refractivity contribution in [2.75, 3.05) is 11.4 Å². The molecule has 12 heteroatoms. The van der Waals surface area contributed by atoms with Gasteiger partial charge in [-0.15, -0.1) is 0 Å². The number of benzene rings is 1. The summed E-state index contributed by atoms with van der Waals surface area (Å²) in [5, 5.41) is 13.2. The molecule has 3 N–H and O–H groups in total. The molecule has 1 unspecified atom stereocenters. The van der Waals surface area contributed by atoms with E-state index >= 15 is 0 Å². The predicted molar refractivity (Wildman–Crippen MR) is 126 cm³/mol. The van der Waals surface area contributed by atoms with Gasteiger partial charge in [0.25, 0.3) is 5.91 Å². The van der Waals surface area contributed by atoms with Gasteiger partial charge in [-0.05, 0) is 56.5 Å². The van der Waals surface area contributed by atoms with Crippen LogP contribution in [0.4, 0.5) is 18.9 Å². The fourth-order valence-corrected chi connectivity index (χ4v) is 4.12. The Morgan fingerprint density at radius 2 is 1.91 bits per heavy atom. The van der Waals surface area contributed by atoms with Gasteiger partial charge in [-0.3, -0.25) is 4.79 Å². The Morgan fingerprint density at radius 3 is 2.49 bits per heavy atom. The predicted octanol–water partition coefficient (Wildman–Crippen LogP) is 4.66. The lowest BCUT2D eigenvalue weighted by Gasteiger charge is -2.33. The van der Waals surface area contributed by atoms with Gasteiger partial charge in [-0.1, -0.05) is 18.5 Å². The summed E-state index contributed by atoms with van der Waals surface area (Å²) in [6.07, 6.45) is -3.64. The highest BCUT2D eigenvalue weighted by molar-refractivity contribution is 6.30. The van der Waals surface area contributed by atoms with Crippen molar-refractivity contribution in [2.45, 2.75) is 52.4 Å². The molecule has 0 saturated carbocycles. The van der Waals surface area contributed by atoms with Crippen LogP contribution in [-0.4, -0.2) is 44.5 Å². The second kappa shape index (κ2) is 10.2. The van der Waals surface area contributed by atoms with Crippen LogP contribution in [0.15, 0.2) is 24.3 Å². The summed E-state index contributed by atoms with van der Waals surface area (Å²) in [5.74, 6) is -2.80. The largest absolute Gasteiger partial charge is 0.490 e. The van der Waals surface area contributed by atoms with Crippen molar-refractivity contribution in [3.8, 4) is 0 Å². The molecule has 1 aliphatic heterocycles. The van der Waals surface area contributed by atoms with E-state index < -0.39 is 12.1 Å². The number of aryl methyl sites for hydroxylation is 3. The number of anilines is 1. The molecule has 3 heterocycles. The zero-order chi connectivity index (χ0) is 26.1. The summed E-state index contributed by atoms with van der Waals surface area (Å²) >= 11 is 6.17. The summed E-state index contributed by atoms with van der Waals surface area (Å²) in [7, 11) is 0. The number of fused-ring (bicyclic) bond motifs is 2. The monoisotopic (exact) mass is 511 g/mol. The molecule has 0 aliphatic carbocycles. The Balaban J connectivity index is 0.000000429. The Labute approximate surface area is 204 Å². The average Bonchev–Trinajstić information content (AvgIpc) is 3.14. The zero-order valence-corrected chi connectivity index (χ0v) is 20.1. The molecule has 0 radical (unpaired) electrons. The van der Waals surface area contributed by atoms with Gasteiger partial charge < -0.3 is 15.7 Å². The van der Waals surface area contributed by atoms with Crippen LogP contribution in [0.25, 0.3) is 11.0 Å². The van der Waals surface area contributed by atoms with Gasteiger partial charge in [-0.2, -0.15) is 18.3 Å². The Bertz CT molecular complexity index is 1280. The first-order chi connectivity index (χ1) is 16.4. The van der Waals surface area contributed by atoms with E-state index in [0.717, 1.165) is 40.1 Å². The number of aliphatic carboxylic acids is 1. The quantitative estimate of drug-likeness (QED) is 0.528. The van der Waals surface area contributed by atoms with Crippen LogP contribution in [0.1, 0.15) is 53.6 Å². The molecular formula is C23H25ClF3N5O3. The SMILES string of the molecule is CCc1cc(C(=O)N2CCC(N)c3cc(Cl)ccc32)c2c(C)nn(CC)c2n1.O=C(O)C(F)(F)F. The first kappa shape index (κ1) is 26.4. The van der Waals surface area contributed by atoms with E-state index in [0.29, 0.717) is 30.1 Å². The molecule has 188 valence electrons. The number of halogens is 4. The summed E-state index contributed by atoms with van der Waals surface area (Å²) < 4.78 is 33.6. The third-order valence-corrected chi connectivity index (χ3v) is 5.89. The molecule has 8 nitrogen and oxygen atoms in total. The van der Waals surface area contributed by atoms with E-state index in [1.807, 2.05) is 48.6 Å². The number of rotatable bonds is 3. The van der Waals surface area contributed by atoms with Crippen molar-refractivity contribution >= 4 is 40.2 Å². The number of carbonyl (C=O) groups excluding carboxylic acids is 1. The Hall–Kier alpha value is -3.18. The maximum Gasteiger partial charge on any atom is 0.490 e. The third-order valence-electron chi connectivity index (χ3n) is 5.65. The topological polar surface area (TPSA) is 114 Å². The molecule has 0 saturated heterocycles. The smallest absolute Gasteiger partial charge is 0.475 e. The fraction of sp³-hybridized carbons (Fsp3) is 0.391. The first-order valence-corrected chi connectivity index (χ1v) is 11.3. The number of nitrogens with two attached hydrogens (primary N) is 1. The minimum absolute atomic E-state index is 0.0451. The maximum absolute atomic E-state index is 13.7. The number of amides is 1. The summed E-state index contributed by atoms with van der Waals surface area (Å²) in [6.45, 7) is 7.27. The molecule has 0 bridgehead atoms. The molecule has 1 aliphatic rings. The van der Waals surface area contributed by atoms with Crippen LogP contribution >= 0.6 is 11.6 Å². The van der Waals surface area contributed by atoms with Crippen LogP contribution in [0.3, 0.4) is 0 Å². The highest BCUT2D eigenvalue weighted by Gasteiger charge is 2.38. The fourth-order valence-electron chi connectivity index (χ4n) is 3.94. The number of nitrogens with zero attached hydrogens (tertiary/aromatic N) is 4. The van der Waals surface area contributed by atoms with E-state index in [1.165, 1.54) is 0 Å². The lowest BCUT2D eigenvalue weighted by molar-refractivity contribution is -0.192. The van der Waals surface area contributed by atoms with Gasteiger partial charge in [0.15, 0.2) is 5.65 Å². The van der Waals surface area contributed by atoms with Gasteiger partial charge >= 0.3 is 12.1 Å². The van der Waals surface area contributed by atoms with Gasteiger partial charge in [0.05, 0.1) is 16.6 Å². The molecule has 3 aromatic rings. The number of carboxylic acids is 1. The van der Waals surface area contributed by atoms with E-state index in [-0.39, 0.29) is 11.9 Å². The Kier molecular flexibility index (Phi) is 7.71.